The number of hydrogen-bond acceptors (Lipinski definition) is 2. The van der Waals surface area contributed by atoms with E-state index in [2.05, 4.69) is 0 Å². The maximum atomic E-state index is 9.69. The van der Waals surface area contributed by atoms with Gasteiger partial charge in [-0.3, -0.25) is 0 Å². The van der Waals surface area contributed by atoms with E-state index in [-0.39, 0.29) is 12.2 Å². The van der Waals surface area contributed by atoms with Crippen molar-refractivity contribution in [1.29, 1.82) is 0 Å². The first-order valence-electron chi connectivity index (χ1n) is 6.60. The average molecular weight is 210 g/mol. The van der Waals surface area contributed by atoms with Crippen LogP contribution in [0.4, 0.5) is 0 Å². The Morgan fingerprint density at radius 2 is 1.07 bits per heavy atom. The van der Waals surface area contributed by atoms with Crippen LogP contribution in [0.15, 0.2) is 0 Å². The maximum Gasteiger partial charge on any atom is 0.0543 e. The summed E-state index contributed by atoms with van der Waals surface area (Å²) in [7, 11) is 0. The van der Waals surface area contributed by atoms with E-state index in [1.165, 1.54) is 19.3 Å². The van der Waals surface area contributed by atoms with Gasteiger partial charge in [-0.2, -0.15) is 0 Å². The van der Waals surface area contributed by atoms with Gasteiger partial charge in [-0.25, -0.2) is 0 Å². The molecule has 86 valence electrons. The smallest absolute Gasteiger partial charge is 0.0543 e. The van der Waals surface area contributed by atoms with Crippen LogP contribution in [0.3, 0.4) is 0 Å². The minimum Gasteiger partial charge on any atom is -0.393 e. The summed E-state index contributed by atoms with van der Waals surface area (Å²) in [6.07, 6.45) is 7.81. The molecule has 15 heavy (non-hydrogen) atoms. The first-order chi connectivity index (χ1) is 7.24. The monoisotopic (exact) mass is 210 g/mol. The predicted molar refractivity (Wildman–Crippen MR) is 58.3 cm³/mol. The number of aliphatic hydroxyl groups is 2. The molecule has 2 N–H and O–H groups in total. The molecule has 3 rings (SSSR count). The molecule has 6 unspecified atom stereocenters. The van der Waals surface area contributed by atoms with Crippen LogP contribution in [0.1, 0.15) is 44.9 Å². The first-order valence-corrected chi connectivity index (χ1v) is 6.60. The van der Waals surface area contributed by atoms with Crippen LogP contribution in [0.25, 0.3) is 0 Å². The van der Waals surface area contributed by atoms with Gasteiger partial charge < -0.3 is 10.2 Å². The second kappa shape index (κ2) is 3.74. The lowest BCUT2D eigenvalue weighted by atomic mass is 9.72. The van der Waals surface area contributed by atoms with Crippen molar-refractivity contribution >= 4 is 0 Å². The van der Waals surface area contributed by atoms with Crippen molar-refractivity contribution in [3.05, 3.63) is 0 Å². The van der Waals surface area contributed by atoms with E-state index in [0.29, 0.717) is 0 Å². The van der Waals surface area contributed by atoms with Crippen molar-refractivity contribution in [2.75, 3.05) is 0 Å². The summed E-state index contributed by atoms with van der Waals surface area (Å²) in [6.45, 7) is 0. The fourth-order valence-electron chi connectivity index (χ4n) is 4.58. The van der Waals surface area contributed by atoms with Gasteiger partial charge in [0.15, 0.2) is 0 Å². The highest BCUT2D eigenvalue weighted by molar-refractivity contribution is 4.97. The number of aliphatic hydroxyl groups excluding tert-OH is 2. The maximum absolute atomic E-state index is 9.69. The summed E-state index contributed by atoms with van der Waals surface area (Å²) in [5.41, 5.74) is 0. The third-order valence-corrected chi connectivity index (χ3v) is 5.18. The molecule has 0 heterocycles. The molecule has 0 bridgehead atoms. The SMILES string of the molecule is OC1CCC2C(C1)CC1CC(O)CCC12. The fourth-order valence-corrected chi connectivity index (χ4v) is 4.58. The Morgan fingerprint density at radius 3 is 1.53 bits per heavy atom. The molecule has 6 atom stereocenters. The standard InChI is InChI=1S/C13H22O2/c14-10-1-3-12-8(6-10)5-9-7-11(15)2-4-13(9)12/h8-15H,1-7H2. The summed E-state index contributed by atoms with van der Waals surface area (Å²) in [6, 6.07) is 0. The zero-order chi connectivity index (χ0) is 10.4. The van der Waals surface area contributed by atoms with Crippen LogP contribution in [-0.2, 0) is 0 Å². The van der Waals surface area contributed by atoms with E-state index < -0.39 is 0 Å². The van der Waals surface area contributed by atoms with E-state index in [0.717, 1.165) is 49.4 Å². The lowest BCUT2D eigenvalue weighted by molar-refractivity contribution is 0.0481. The summed E-state index contributed by atoms with van der Waals surface area (Å²) in [5.74, 6) is 3.31. The van der Waals surface area contributed by atoms with Gasteiger partial charge in [0.05, 0.1) is 12.2 Å². The van der Waals surface area contributed by atoms with Crippen molar-refractivity contribution in [3.8, 4) is 0 Å². The molecule has 0 aliphatic heterocycles. The number of rotatable bonds is 0. The quantitative estimate of drug-likeness (QED) is 0.641. The molecule has 3 aliphatic rings. The third kappa shape index (κ3) is 1.72. The zero-order valence-electron chi connectivity index (χ0n) is 9.31. The van der Waals surface area contributed by atoms with Crippen molar-refractivity contribution in [2.24, 2.45) is 23.7 Å². The molecule has 3 aliphatic carbocycles. The minimum atomic E-state index is -0.0312. The Hall–Kier alpha value is -0.0800. The van der Waals surface area contributed by atoms with Crippen LogP contribution in [0, 0.1) is 23.7 Å². The van der Waals surface area contributed by atoms with E-state index >= 15 is 0 Å². The van der Waals surface area contributed by atoms with Crippen molar-refractivity contribution < 1.29 is 10.2 Å². The van der Waals surface area contributed by atoms with Crippen molar-refractivity contribution in [3.63, 3.8) is 0 Å². The van der Waals surface area contributed by atoms with Gasteiger partial charge >= 0.3 is 0 Å². The Bertz CT molecular complexity index is 217. The van der Waals surface area contributed by atoms with E-state index in [4.69, 9.17) is 0 Å². The second-order valence-electron chi connectivity index (χ2n) is 6.02. The van der Waals surface area contributed by atoms with Crippen molar-refractivity contribution in [1.82, 2.24) is 0 Å². The molecule has 3 saturated carbocycles. The highest BCUT2D eigenvalue weighted by atomic mass is 16.3. The summed E-state index contributed by atoms with van der Waals surface area (Å²) < 4.78 is 0. The molecule has 3 fully saturated rings. The van der Waals surface area contributed by atoms with Crippen LogP contribution in [0.5, 0.6) is 0 Å². The van der Waals surface area contributed by atoms with Gasteiger partial charge in [0, 0.05) is 0 Å². The van der Waals surface area contributed by atoms with Gasteiger partial charge in [-0.15, -0.1) is 0 Å². The Labute approximate surface area is 91.7 Å². The molecular weight excluding hydrogens is 188 g/mol. The van der Waals surface area contributed by atoms with E-state index in [9.17, 15) is 10.2 Å². The molecule has 0 aromatic rings. The molecular formula is C13H22O2. The average Bonchev–Trinajstić information content (AvgIpc) is 2.53. The van der Waals surface area contributed by atoms with Gasteiger partial charge in [0.1, 0.15) is 0 Å². The highest BCUT2D eigenvalue weighted by Crippen LogP contribution is 2.54. The minimum absolute atomic E-state index is 0.0312. The van der Waals surface area contributed by atoms with Crippen molar-refractivity contribution in [2.45, 2.75) is 57.2 Å². The highest BCUT2D eigenvalue weighted by Gasteiger charge is 2.47. The van der Waals surface area contributed by atoms with Gasteiger partial charge in [0.25, 0.3) is 0 Å². The van der Waals surface area contributed by atoms with Crippen LogP contribution in [-0.4, -0.2) is 22.4 Å². The Kier molecular flexibility index (Phi) is 2.52. The molecule has 0 saturated heterocycles. The first kappa shape index (κ1) is 10.1. The second-order valence-corrected chi connectivity index (χ2v) is 6.02. The summed E-state index contributed by atoms with van der Waals surface area (Å²) in [5, 5.41) is 19.4. The molecule has 0 spiro atoms. The van der Waals surface area contributed by atoms with E-state index in [1.54, 1.807) is 0 Å². The van der Waals surface area contributed by atoms with E-state index in [1.807, 2.05) is 0 Å². The summed E-state index contributed by atoms with van der Waals surface area (Å²) in [4.78, 5) is 0. The fraction of sp³-hybridized carbons (Fsp3) is 1.00. The molecule has 2 nitrogen and oxygen atoms in total. The number of fused-ring (bicyclic) bond motifs is 3. The molecule has 0 aromatic carbocycles. The molecule has 0 radical (unpaired) electrons. The summed E-state index contributed by atoms with van der Waals surface area (Å²) >= 11 is 0. The van der Waals surface area contributed by atoms with Gasteiger partial charge in [0.2, 0.25) is 0 Å². The van der Waals surface area contributed by atoms with Gasteiger partial charge in [-0.05, 0) is 68.6 Å². The largest absolute Gasteiger partial charge is 0.393 e. The Balaban J connectivity index is 1.72. The molecule has 0 amide bonds. The number of hydrogen-bond donors (Lipinski definition) is 2. The molecule has 0 aromatic heterocycles. The Morgan fingerprint density at radius 1 is 0.600 bits per heavy atom. The van der Waals surface area contributed by atoms with Crippen LogP contribution < -0.4 is 0 Å². The third-order valence-electron chi connectivity index (χ3n) is 5.18. The normalized spacial score (nSPS) is 54.8. The predicted octanol–water partition coefficient (Wildman–Crippen LogP) is 1.94. The lowest BCUT2D eigenvalue weighted by Gasteiger charge is -2.35. The van der Waals surface area contributed by atoms with Crippen LogP contribution >= 0.6 is 0 Å². The van der Waals surface area contributed by atoms with Gasteiger partial charge in [-0.1, -0.05) is 0 Å². The zero-order valence-corrected chi connectivity index (χ0v) is 9.31. The topological polar surface area (TPSA) is 40.5 Å². The lowest BCUT2D eigenvalue weighted by Crippen LogP contribution is -2.30. The molecule has 2 heteroatoms. The van der Waals surface area contributed by atoms with Crippen LogP contribution in [0.2, 0.25) is 0 Å².